The van der Waals surface area contributed by atoms with E-state index in [-0.39, 0.29) is 5.57 Å². The number of benzene rings is 1. The van der Waals surface area contributed by atoms with Crippen molar-refractivity contribution in [1.29, 1.82) is 0 Å². The molecule has 1 aromatic rings. The number of rotatable bonds is 7. The fraction of sp³-hybridized carbons (Fsp3) is 0.517. The summed E-state index contributed by atoms with van der Waals surface area (Å²) in [6.07, 6.45) is 12.4. The highest BCUT2D eigenvalue weighted by Gasteiger charge is 2.26. The molecule has 1 saturated carbocycles. The van der Waals surface area contributed by atoms with Gasteiger partial charge in [0.25, 0.3) is 0 Å². The first-order chi connectivity index (χ1) is 15.4. The van der Waals surface area contributed by atoms with Crippen LogP contribution in [-0.2, 0) is 25.5 Å². The lowest BCUT2D eigenvalue weighted by Gasteiger charge is -2.24. The second-order valence-corrected chi connectivity index (χ2v) is 10.6. The molecular weight excluding hydrogens is 412 g/mol. The fourth-order valence-corrected chi connectivity index (χ4v) is 3.77. The van der Waals surface area contributed by atoms with E-state index >= 15 is 0 Å². The first-order valence-electron chi connectivity index (χ1n) is 12.1. The summed E-state index contributed by atoms with van der Waals surface area (Å²) < 4.78 is 11.2. The third-order valence-corrected chi connectivity index (χ3v) is 5.14. The maximum Gasteiger partial charge on any atom is 0.339 e. The van der Waals surface area contributed by atoms with Gasteiger partial charge >= 0.3 is 11.9 Å². The molecule has 2 rings (SSSR count). The zero-order chi connectivity index (χ0) is 24.5. The van der Waals surface area contributed by atoms with Gasteiger partial charge in [-0.2, -0.15) is 0 Å². The molecule has 0 radical (unpaired) electrons. The Kier molecular flexibility index (Phi) is 9.70. The van der Waals surface area contributed by atoms with Crippen LogP contribution in [0.1, 0.15) is 85.6 Å². The van der Waals surface area contributed by atoms with Crippen molar-refractivity contribution in [2.45, 2.75) is 97.7 Å². The van der Waals surface area contributed by atoms with E-state index in [9.17, 15) is 9.59 Å². The molecular formula is C29H40O4. The summed E-state index contributed by atoms with van der Waals surface area (Å²) in [5.41, 5.74) is 2.26. The Morgan fingerprint density at radius 3 is 2.06 bits per heavy atom. The molecule has 4 nitrogen and oxygen atoms in total. The molecule has 1 aliphatic rings. The zero-order valence-electron chi connectivity index (χ0n) is 21.2. The standard InChI is InChI=1S/C29H40O4/c1-28(2,3)32-26(30)21-25(27(31)33-29(4,5)6)24(23-18-11-8-12-19-23)20-14-13-17-22-15-9-7-10-16-22/h7,9-10,14-16,20-21H,8,11-13,17-19H2,1-6H3/b20-14+,25-21-. The lowest BCUT2D eigenvalue weighted by atomic mass is 9.87. The zero-order valence-corrected chi connectivity index (χ0v) is 21.2. The Balaban J connectivity index is 2.39. The fourth-order valence-electron chi connectivity index (χ4n) is 3.77. The van der Waals surface area contributed by atoms with Crippen molar-refractivity contribution < 1.29 is 19.1 Å². The van der Waals surface area contributed by atoms with Gasteiger partial charge in [0.2, 0.25) is 0 Å². The van der Waals surface area contributed by atoms with Gasteiger partial charge in [-0.05, 0) is 91.2 Å². The first kappa shape index (κ1) is 26.6. The Bertz CT molecular complexity index is 882. The normalized spacial score (nSPS) is 15.5. The van der Waals surface area contributed by atoms with Gasteiger partial charge in [0, 0.05) is 6.08 Å². The molecule has 1 aliphatic carbocycles. The molecule has 0 N–H and O–H groups in total. The number of esters is 2. The number of allylic oxidation sites excluding steroid dienone is 3. The molecule has 1 aromatic carbocycles. The van der Waals surface area contributed by atoms with Crippen LogP contribution in [0.25, 0.3) is 0 Å². The summed E-state index contributed by atoms with van der Waals surface area (Å²) in [5.74, 6) is -1.02. The minimum absolute atomic E-state index is 0.284. The largest absolute Gasteiger partial charge is 0.457 e. The Labute approximate surface area is 199 Å². The van der Waals surface area contributed by atoms with Crippen molar-refractivity contribution in [2.24, 2.45) is 0 Å². The van der Waals surface area contributed by atoms with E-state index in [0.717, 1.165) is 44.1 Å². The highest BCUT2D eigenvalue weighted by molar-refractivity contribution is 6.01. The molecule has 0 spiro atoms. The van der Waals surface area contributed by atoms with E-state index in [4.69, 9.17) is 9.47 Å². The molecule has 33 heavy (non-hydrogen) atoms. The topological polar surface area (TPSA) is 52.6 Å². The molecule has 0 bridgehead atoms. The quantitative estimate of drug-likeness (QED) is 0.329. The lowest BCUT2D eigenvalue weighted by Crippen LogP contribution is -2.27. The predicted octanol–water partition coefficient (Wildman–Crippen LogP) is 7.05. The van der Waals surface area contributed by atoms with Gasteiger partial charge in [0.05, 0.1) is 5.57 Å². The van der Waals surface area contributed by atoms with Crippen molar-refractivity contribution in [3.8, 4) is 0 Å². The van der Waals surface area contributed by atoms with Crippen LogP contribution in [0, 0.1) is 0 Å². The molecule has 1 fully saturated rings. The average Bonchev–Trinajstić information content (AvgIpc) is 2.71. The summed E-state index contributed by atoms with van der Waals surface area (Å²) in [4.78, 5) is 25.9. The van der Waals surface area contributed by atoms with Crippen molar-refractivity contribution in [2.75, 3.05) is 0 Å². The van der Waals surface area contributed by atoms with E-state index in [0.29, 0.717) is 0 Å². The Morgan fingerprint density at radius 1 is 0.879 bits per heavy atom. The molecule has 0 heterocycles. The van der Waals surface area contributed by atoms with Gasteiger partial charge < -0.3 is 9.47 Å². The summed E-state index contributed by atoms with van der Waals surface area (Å²) in [5, 5.41) is 0. The van der Waals surface area contributed by atoms with Gasteiger partial charge in [0.15, 0.2) is 0 Å². The molecule has 0 unspecified atom stereocenters. The minimum atomic E-state index is -0.663. The maximum absolute atomic E-state index is 13.2. The second kappa shape index (κ2) is 12.0. The number of hydrogen-bond acceptors (Lipinski definition) is 4. The molecule has 180 valence electrons. The summed E-state index contributed by atoms with van der Waals surface area (Å²) in [7, 11) is 0. The molecule has 0 saturated heterocycles. The van der Waals surface area contributed by atoms with Crippen LogP contribution in [0.3, 0.4) is 0 Å². The summed E-state index contributed by atoms with van der Waals surface area (Å²) in [6, 6.07) is 10.3. The lowest BCUT2D eigenvalue weighted by molar-refractivity contribution is -0.152. The Morgan fingerprint density at radius 2 is 1.48 bits per heavy atom. The number of ether oxygens (including phenoxy) is 2. The minimum Gasteiger partial charge on any atom is -0.457 e. The van der Waals surface area contributed by atoms with Crippen LogP contribution in [0.5, 0.6) is 0 Å². The number of aryl methyl sites for hydroxylation is 1. The van der Waals surface area contributed by atoms with Gasteiger partial charge in [-0.3, -0.25) is 0 Å². The van der Waals surface area contributed by atoms with Gasteiger partial charge in [-0.15, -0.1) is 0 Å². The van der Waals surface area contributed by atoms with E-state index in [1.807, 2.05) is 65.8 Å². The molecule has 4 heteroatoms. The van der Waals surface area contributed by atoms with Crippen LogP contribution in [0.4, 0.5) is 0 Å². The van der Waals surface area contributed by atoms with Gasteiger partial charge in [-0.1, -0.05) is 54.5 Å². The SMILES string of the molecule is CC(C)(C)OC(=O)/C=C(\C(=O)OC(C)(C)C)C(/C=C/CCc1ccccc1)=C1CCCCC1. The van der Waals surface area contributed by atoms with E-state index in [1.54, 1.807) is 0 Å². The van der Waals surface area contributed by atoms with Crippen LogP contribution < -0.4 is 0 Å². The van der Waals surface area contributed by atoms with Gasteiger partial charge in [-0.25, -0.2) is 9.59 Å². The first-order valence-corrected chi connectivity index (χ1v) is 12.1. The predicted molar refractivity (Wildman–Crippen MR) is 134 cm³/mol. The van der Waals surface area contributed by atoms with Gasteiger partial charge in [0.1, 0.15) is 11.2 Å². The van der Waals surface area contributed by atoms with Crippen molar-refractivity contribution in [1.82, 2.24) is 0 Å². The van der Waals surface area contributed by atoms with E-state index in [2.05, 4.69) is 18.2 Å². The molecule has 0 amide bonds. The van der Waals surface area contributed by atoms with E-state index < -0.39 is 23.1 Å². The third kappa shape index (κ3) is 10.2. The molecule has 0 aliphatic heterocycles. The molecule has 0 atom stereocenters. The molecule has 0 aromatic heterocycles. The maximum atomic E-state index is 13.2. The number of carbonyl (C=O) groups is 2. The third-order valence-electron chi connectivity index (χ3n) is 5.14. The van der Waals surface area contributed by atoms with E-state index in [1.165, 1.54) is 23.6 Å². The Hall–Kier alpha value is -2.62. The summed E-state index contributed by atoms with van der Waals surface area (Å²) >= 11 is 0. The number of hydrogen-bond donors (Lipinski definition) is 0. The monoisotopic (exact) mass is 452 g/mol. The highest BCUT2D eigenvalue weighted by Crippen LogP contribution is 2.31. The van der Waals surface area contributed by atoms with Crippen LogP contribution in [-0.4, -0.2) is 23.1 Å². The summed E-state index contributed by atoms with van der Waals surface area (Å²) in [6.45, 7) is 10.9. The van der Waals surface area contributed by atoms with Crippen LogP contribution in [0.15, 0.2) is 65.3 Å². The van der Waals surface area contributed by atoms with Crippen LogP contribution >= 0.6 is 0 Å². The smallest absolute Gasteiger partial charge is 0.339 e. The second-order valence-electron chi connectivity index (χ2n) is 10.6. The van der Waals surface area contributed by atoms with Crippen LogP contribution in [0.2, 0.25) is 0 Å². The highest BCUT2D eigenvalue weighted by atomic mass is 16.6. The van der Waals surface area contributed by atoms with Crippen molar-refractivity contribution >= 4 is 11.9 Å². The number of carbonyl (C=O) groups excluding carboxylic acids is 2. The van der Waals surface area contributed by atoms with Crippen molar-refractivity contribution in [3.05, 3.63) is 70.8 Å². The van der Waals surface area contributed by atoms with Crippen molar-refractivity contribution in [3.63, 3.8) is 0 Å². The average molecular weight is 453 g/mol.